The number of carbonyl (C=O) groups is 1. The molecule has 1 aliphatic heterocycles. The second-order valence-corrected chi connectivity index (χ2v) is 4.79. The van der Waals surface area contributed by atoms with E-state index in [0.717, 1.165) is 25.9 Å². The lowest BCUT2D eigenvalue weighted by Crippen LogP contribution is -2.37. The Morgan fingerprint density at radius 2 is 2.39 bits per heavy atom. The van der Waals surface area contributed by atoms with Crippen LogP contribution in [-0.2, 0) is 4.79 Å². The lowest BCUT2D eigenvalue weighted by Gasteiger charge is -2.22. The zero-order chi connectivity index (χ0) is 13.0. The molecule has 2 N–H and O–H groups in total. The van der Waals surface area contributed by atoms with Gasteiger partial charge in [0.1, 0.15) is 5.75 Å². The largest absolute Gasteiger partial charge is 0.497 e. The molecular weight excluding hydrogens is 252 g/mol. The Balaban J connectivity index is 2.02. The van der Waals surface area contributed by atoms with Crippen LogP contribution in [0.25, 0.3) is 0 Å². The third-order valence-corrected chi connectivity index (χ3v) is 3.41. The van der Waals surface area contributed by atoms with Gasteiger partial charge in [-0.05, 0) is 31.5 Å². The molecule has 1 unspecified atom stereocenters. The zero-order valence-corrected chi connectivity index (χ0v) is 11.1. The smallest absolute Gasteiger partial charge is 0.228 e. The van der Waals surface area contributed by atoms with E-state index < -0.39 is 0 Å². The lowest BCUT2D eigenvalue weighted by atomic mass is 9.99. The SMILES string of the molecule is COc1ccc(NC(=O)C2CCCNC2)c(Cl)c1. The highest BCUT2D eigenvalue weighted by atomic mass is 35.5. The first-order valence-corrected chi connectivity index (χ1v) is 6.43. The van der Waals surface area contributed by atoms with Crippen LogP contribution in [0.15, 0.2) is 18.2 Å². The predicted molar refractivity (Wildman–Crippen MR) is 72.2 cm³/mol. The number of anilines is 1. The number of rotatable bonds is 3. The molecule has 1 saturated heterocycles. The van der Waals surface area contributed by atoms with E-state index in [1.807, 2.05) is 0 Å². The van der Waals surface area contributed by atoms with Gasteiger partial charge in [-0.15, -0.1) is 0 Å². The minimum Gasteiger partial charge on any atom is -0.497 e. The number of hydrogen-bond donors (Lipinski definition) is 2. The van der Waals surface area contributed by atoms with Crippen molar-refractivity contribution in [2.75, 3.05) is 25.5 Å². The van der Waals surface area contributed by atoms with E-state index in [0.29, 0.717) is 16.5 Å². The Kier molecular flexibility index (Phi) is 4.44. The molecule has 0 aromatic heterocycles. The van der Waals surface area contributed by atoms with Crippen molar-refractivity contribution in [1.29, 1.82) is 0 Å². The fourth-order valence-electron chi connectivity index (χ4n) is 2.03. The van der Waals surface area contributed by atoms with Crippen molar-refractivity contribution in [3.05, 3.63) is 23.2 Å². The maximum Gasteiger partial charge on any atom is 0.228 e. The summed E-state index contributed by atoms with van der Waals surface area (Å²) in [6, 6.07) is 5.23. The highest BCUT2D eigenvalue weighted by molar-refractivity contribution is 6.33. The first-order chi connectivity index (χ1) is 8.70. The molecule has 4 nitrogen and oxygen atoms in total. The van der Waals surface area contributed by atoms with E-state index in [1.54, 1.807) is 25.3 Å². The Morgan fingerprint density at radius 3 is 3.00 bits per heavy atom. The van der Waals surface area contributed by atoms with Crippen LogP contribution in [0.3, 0.4) is 0 Å². The quantitative estimate of drug-likeness (QED) is 0.884. The monoisotopic (exact) mass is 268 g/mol. The van der Waals surface area contributed by atoms with Gasteiger partial charge in [0.2, 0.25) is 5.91 Å². The summed E-state index contributed by atoms with van der Waals surface area (Å²) in [7, 11) is 1.58. The van der Waals surface area contributed by atoms with Gasteiger partial charge in [-0.1, -0.05) is 11.6 Å². The molecule has 0 aliphatic carbocycles. The van der Waals surface area contributed by atoms with Crippen molar-refractivity contribution in [3.63, 3.8) is 0 Å². The van der Waals surface area contributed by atoms with Gasteiger partial charge in [-0.2, -0.15) is 0 Å². The summed E-state index contributed by atoms with van der Waals surface area (Å²) in [4.78, 5) is 12.0. The molecule has 1 aliphatic rings. The van der Waals surface area contributed by atoms with Crippen molar-refractivity contribution in [1.82, 2.24) is 5.32 Å². The molecule has 0 saturated carbocycles. The number of piperidine rings is 1. The number of carbonyl (C=O) groups excluding carboxylic acids is 1. The molecule has 18 heavy (non-hydrogen) atoms. The first kappa shape index (κ1) is 13.2. The van der Waals surface area contributed by atoms with Crippen molar-refractivity contribution >= 4 is 23.2 Å². The van der Waals surface area contributed by atoms with Gasteiger partial charge in [-0.25, -0.2) is 0 Å². The maximum atomic E-state index is 12.0. The fourth-order valence-corrected chi connectivity index (χ4v) is 2.25. The highest BCUT2D eigenvalue weighted by Gasteiger charge is 2.21. The molecule has 5 heteroatoms. The van der Waals surface area contributed by atoms with Crippen molar-refractivity contribution in [3.8, 4) is 5.75 Å². The third kappa shape index (κ3) is 3.15. The third-order valence-electron chi connectivity index (χ3n) is 3.10. The average molecular weight is 269 g/mol. The van der Waals surface area contributed by atoms with Crippen molar-refractivity contribution in [2.45, 2.75) is 12.8 Å². The van der Waals surface area contributed by atoms with Gasteiger partial charge < -0.3 is 15.4 Å². The Morgan fingerprint density at radius 1 is 1.56 bits per heavy atom. The minimum absolute atomic E-state index is 0.0225. The zero-order valence-electron chi connectivity index (χ0n) is 10.3. The van der Waals surface area contributed by atoms with Crippen LogP contribution in [0.4, 0.5) is 5.69 Å². The van der Waals surface area contributed by atoms with Crippen LogP contribution in [-0.4, -0.2) is 26.1 Å². The van der Waals surface area contributed by atoms with Gasteiger partial charge in [0.15, 0.2) is 0 Å². The molecule has 98 valence electrons. The van der Waals surface area contributed by atoms with E-state index in [-0.39, 0.29) is 11.8 Å². The summed E-state index contributed by atoms with van der Waals surface area (Å²) in [5.41, 5.74) is 0.632. The lowest BCUT2D eigenvalue weighted by molar-refractivity contribution is -0.120. The van der Waals surface area contributed by atoms with Crippen LogP contribution < -0.4 is 15.4 Å². The highest BCUT2D eigenvalue weighted by Crippen LogP contribution is 2.27. The minimum atomic E-state index is 0.0225. The number of ether oxygens (including phenoxy) is 1. The molecule has 2 rings (SSSR count). The standard InChI is InChI=1S/C13H17ClN2O2/c1-18-10-4-5-12(11(14)7-10)16-13(17)9-3-2-6-15-8-9/h4-5,7,9,15H,2-3,6,8H2,1H3,(H,16,17). The maximum absolute atomic E-state index is 12.0. The Labute approximate surface area is 112 Å². The molecule has 0 spiro atoms. The number of nitrogens with one attached hydrogen (secondary N) is 2. The topological polar surface area (TPSA) is 50.4 Å². The number of amides is 1. The summed E-state index contributed by atoms with van der Waals surface area (Å²) in [6.07, 6.45) is 1.96. The molecule has 1 aromatic carbocycles. The number of hydrogen-bond acceptors (Lipinski definition) is 3. The first-order valence-electron chi connectivity index (χ1n) is 6.06. The van der Waals surface area contributed by atoms with Gasteiger partial charge in [-0.3, -0.25) is 4.79 Å². The second kappa shape index (κ2) is 6.07. The van der Waals surface area contributed by atoms with Crippen molar-refractivity contribution < 1.29 is 9.53 Å². The number of methoxy groups -OCH3 is 1. The van der Waals surface area contributed by atoms with Crippen molar-refractivity contribution in [2.24, 2.45) is 5.92 Å². The molecule has 1 atom stereocenters. The van der Waals surface area contributed by atoms with Gasteiger partial charge >= 0.3 is 0 Å². The van der Waals surface area contributed by atoms with E-state index >= 15 is 0 Å². The molecule has 1 amide bonds. The van der Waals surface area contributed by atoms with Crippen LogP contribution in [0.2, 0.25) is 5.02 Å². The normalized spacial score (nSPS) is 19.3. The summed E-state index contributed by atoms with van der Waals surface area (Å²) in [6.45, 7) is 1.73. The van der Waals surface area contributed by atoms with Crippen LogP contribution in [0, 0.1) is 5.92 Å². The molecule has 1 fully saturated rings. The summed E-state index contributed by atoms with van der Waals surface area (Å²) in [5.74, 6) is 0.725. The van der Waals surface area contributed by atoms with Crippen LogP contribution >= 0.6 is 11.6 Å². The van der Waals surface area contributed by atoms with Gasteiger partial charge in [0.05, 0.1) is 23.7 Å². The second-order valence-electron chi connectivity index (χ2n) is 4.38. The summed E-state index contributed by atoms with van der Waals surface area (Å²) >= 11 is 6.08. The number of halogens is 1. The van der Waals surface area contributed by atoms with Crippen LogP contribution in [0.5, 0.6) is 5.75 Å². The fraction of sp³-hybridized carbons (Fsp3) is 0.462. The molecule has 0 radical (unpaired) electrons. The average Bonchev–Trinajstić information content (AvgIpc) is 2.42. The van der Waals surface area contributed by atoms with Crippen LogP contribution in [0.1, 0.15) is 12.8 Å². The van der Waals surface area contributed by atoms with Gasteiger partial charge in [0, 0.05) is 12.6 Å². The Bertz CT molecular complexity index is 431. The van der Waals surface area contributed by atoms with E-state index in [2.05, 4.69) is 10.6 Å². The summed E-state index contributed by atoms with van der Waals surface area (Å²) < 4.78 is 5.06. The predicted octanol–water partition coefficient (Wildman–Crippen LogP) is 2.29. The van der Waals surface area contributed by atoms with E-state index in [1.165, 1.54) is 0 Å². The molecular formula is C13H17ClN2O2. The molecule has 1 heterocycles. The van der Waals surface area contributed by atoms with Gasteiger partial charge in [0.25, 0.3) is 0 Å². The molecule has 0 bridgehead atoms. The Hall–Kier alpha value is -1.26. The summed E-state index contributed by atoms with van der Waals surface area (Å²) in [5, 5.41) is 6.58. The number of benzene rings is 1. The van der Waals surface area contributed by atoms with E-state index in [9.17, 15) is 4.79 Å². The van der Waals surface area contributed by atoms with E-state index in [4.69, 9.17) is 16.3 Å². The molecule has 1 aromatic rings.